The summed E-state index contributed by atoms with van der Waals surface area (Å²) in [6.45, 7) is 2.29. The van der Waals surface area contributed by atoms with Gasteiger partial charge in [-0.2, -0.15) is 0 Å². The van der Waals surface area contributed by atoms with Gasteiger partial charge >= 0.3 is 0 Å². The van der Waals surface area contributed by atoms with Gasteiger partial charge in [0.15, 0.2) is 0 Å². The van der Waals surface area contributed by atoms with Crippen LogP contribution in [0.1, 0.15) is 25.7 Å². The van der Waals surface area contributed by atoms with Gasteiger partial charge in [0.05, 0.1) is 0 Å². The number of hydrogen-bond donors (Lipinski definition) is 0. The van der Waals surface area contributed by atoms with Crippen LogP contribution >= 0.6 is 22.6 Å². The van der Waals surface area contributed by atoms with Crippen LogP contribution in [0.4, 0.5) is 0 Å². The Hall–Kier alpha value is -0.920. The fourth-order valence-corrected chi connectivity index (χ4v) is 4.28. The number of carbonyl (C=O) groups excluding carboxylic acids is 3. The number of imide groups is 1. The summed E-state index contributed by atoms with van der Waals surface area (Å²) in [4.78, 5) is 38.7. The minimum Gasteiger partial charge on any atom is -0.340 e. The van der Waals surface area contributed by atoms with Crippen molar-refractivity contribution in [2.45, 2.75) is 29.6 Å². The van der Waals surface area contributed by atoms with E-state index in [0.29, 0.717) is 22.3 Å². The molecule has 2 aliphatic heterocycles. The smallest absolute Gasteiger partial charge is 0.253 e. The highest BCUT2D eigenvalue weighted by Gasteiger charge is 2.36. The summed E-state index contributed by atoms with van der Waals surface area (Å²) in [5.41, 5.74) is 0. The lowest BCUT2D eigenvalue weighted by atomic mass is 9.80. The number of hydrogen-bond acceptors (Lipinski definition) is 3. The summed E-state index contributed by atoms with van der Waals surface area (Å²) in [6.07, 6.45) is 6.29. The van der Waals surface area contributed by atoms with Gasteiger partial charge in [0.1, 0.15) is 0 Å². The van der Waals surface area contributed by atoms with Gasteiger partial charge in [-0.15, -0.1) is 0 Å². The van der Waals surface area contributed by atoms with Crippen LogP contribution in [0.3, 0.4) is 0 Å². The lowest BCUT2D eigenvalue weighted by molar-refractivity contribution is -0.141. The first kappa shape index (κ1) is 15.0. The predicted molar refractivity (Wildman–Crippen MR) is 85.7 cm³/mol. The zero-order chi connectivity index (χ0) is 15.0. The number of alkyl halides is 1. The molecule has 1 aliphatic carbocycles. The molecule has 2 heterocycles. The SMILES string of the molecule is O=C(C1CCC(CN2C(=O)C=CC2=O)CC1)N1CC(I)C1. The number of rotatable bonds is 3. The van der Waals surface area contributed by atoms with E-state index in [2.05, 4.69) is 22.6 Å². The van der Waals surface area contributed by atoms with Crippen LogP contribution in [-0.2, 0) is 14.4 Å². The van der Waals surface area contributed by atoms with Crippen LogP contribution in [0, 0.1) is 11.8 Å². The number of amides is 3. The molecule has 3 amide bonds. The van der Waals surface area contributed by atoms with E-state index in [1.165, 1.54) is 17.1 Å². The van der Waals surface area contributed by atoms with Crippen molar-refractivity contribution in [2.24, 2.45) is 11.8 Å². The molecule has 0 bridgehead atoms. The van der Waals surface area contributed by atoms with E-state index in [1.807, 2.05) is 4.90 Å². The number of likely N-dealkylation sites (tertiary alicyclic amines) is 1. The number of halogens is 1. The molecule has 0 atom stereocenters. The molecule has 3 rings (SSSR count). The molecule has 2 fully saturated rings. The zero-order valence-electron chi connectivity index (χ0n) is 11.8. The zero-order valence-corrected chi connectivity index (χ0v) is 14.0. The molecule has 0 aromatic heterocycles. The molecule has 0 aromatic rings. The van der Waals surface area contributed by atoms with Crippen molar-refractivity contribution in [1.29, 1.82) is 0 Å². The third-order valence-corrected chi connectivity index (χ3v) is 5.47. The normalized spacial score (nSPS) is 30.0. The molecule has 0 aromatic carbocycles. The van der Waals surface area contributed by atoms with E-state index in [-0.39, 0.29) is 17.7 Å². The topological polar surface area (TPSA) is 57.7 Å². The van der Waals surface area contributed by atoms with Crippen LogP contribution in [0.15, 0.2) is 12.2 Å². The summed E-state index contributed by atoms with van der Waals surface area (Å²) in [5.74, 6) is 0.388. The average molecular weight is 402 g/mol. The van der Waals surface area contributed by atoms with Crippen LogP contribution in [0.5, 0.6) is 0 Å². The van der Waals surface area contributed by atoms with Crippen molar-refractivity contribution in [3.63, 3.8) is 0 Å². The molecule has 3 aliphatic rings. The Balaban J connectivity index is 1.46. The molecule has 1 saturated carbocycles. The summed E-state index contributed by atoms with van der Waals surface area (Å²) in [6, 6.07) is 0. The van der Waals surface area contributed by atoms with E-state index in [9.17, 15) is 14.4 Å². The van der Waals surface area contributed by atoms with E-state index in [4.69, 9.17) is 0 Å². The van der Waals surface area contributed by atoms with Crippen LogP contribution in [-0.4, -0.2) is 51.1 Å². The fraction of sp³-hybridized carbons (Fsp3) is 0.667. The summed E-state index contributed by atoms with van der Waals surface area (Å²) in [7, 11) is 0. The Morgan fingerprint density at radius 2 is 1.67 bits per heavy atom. The maximum atomic E-state index is 12.3. The Labute approximate surface area is 137 Å². The van der Waals surface area contributed by atoms with Gasteiger partial charge < -0.3 is 4.90 Å². The predicted octanol–water partition coefficient (Wildman–Crippen LogP) is 1.36. The van der Waals surface area contributed by atoms with Crippen LogP contribution in [0.25, 0.3) is 0 Å². The van der Waals surface area contributed by atoms with Gasteiger partial charge in [-0.25, -0.2) is 0 Å². The Morgan fingerprint density at radius 3 is 2.19 bits per heavy atom. The summed E-state index contributed by atoms with van der Waals surface area (Å²) < 4.78 is 0.614. The maximum Gasteiger partial charge on any atom is 0.253 e. The molecule has 0 spiro atoms. The van der Waals surface area contributed by atoms with Crippen molar-refractivity contribution in [2.75, 3.05) is 19.6 Å². The highest BCUT2D eigenvalue weighted by atomic mass is 127. The lowest BCUT2D eigenvalue weighted by Crippen LogP contribution is -2.53. The first-order valence-electron chi connectivity index (χ1n) is 7.51. The molecular weight excluding hydrogens is 383 g/mol. The van der Waals surface area contributed by atoms with E-state index >= 15 is 0 Å². The fourth-order valence-electron chi connectivity index (χ4n) is 3.32. The van der Waals surface area contributed by atoms with E-state index in [0.717, 1.165) is 38.8 Å². The average Bonchev–Trinajstić information content (AvgIpc) is 2.76. The Kier molecular flexibility index (Phi) is 4.33. The van der Waals surface area contributed by atoms with Crippen molar-refractivity contribution < 1.29 is 14.4 Å². The van der Waals surface area contributed by atoms with Gasteiger partial charge in [0.25, 0.3) is 11.8 Å². The second-order valence-electron chi connectivity index (χ2n) is 6.18. The van der Waals surface area contributed by atoms with Gasteiger partial charge in [-0.05, 0) is 31.6 Å². The van der Waals surface area contributed by atoms with E-state index in [1.54, 1.807) is 0 Å². The quantitative estimate of drug-likeness (QED) is 0.407. The molecule has 114 valence electrons. The Morgan fingerprint density at radius 1 is 1.10 bits per heavy atom. The van der Waals surface area contributed by atoms with Crippen molar-refractivity contribution >= 4 is 40.3 Å². The van der Waals surface area contributed by atoms with E-state index < -0.39 is 0 Å². The number of carbonyl (C=O) groups is 3. The van der Waals surface area contributed by atoms with Gasteiger partial charge in [0, 0.05) is 41.6 Å². The third-order valence-electron chi connectivity index (χ3n) is 4.69. The van der Waals surface area contributed by atoms with Crippen molar-refractivity contribution in [3.05, 3.63) is 12.2 Å². The molecule has 0 unspecified atom stereocenters. The number of nitrogens with zero attached hydrogens (tertiary/aromatic N) is 2. The summed E-state index contributed by atoms with van der Waals surface area (Å²) in [5, 5.41) is 0. The van der Waals surface area contributed by atoms with Crippen LogP contribution < -0.4 is 0 Å². The molecular formula is C15H19IN2O3. The van der Waals surface area contributed by atoms with Crippen LogP contribution in [0.2, 0.25) is 0 Å². The van der Waals surface area contributed by atoms with Gasteiger partial charge in [-0.3, -0.25) is 19.3 Å². The minimum absolute atomic E-state index is 0.147. The largest absolute Gasteiger partial charge is 0.340 e. The second-order valence-corrected chi connectivity index (χ2v) is 7.94. The first-order valence-corrected chi connectivity index (χ1v) is 8.75. The lowest BCUT2D eigenvalue weighted by Gasteiger charge is -2.40. The molecule has 6 heteroatoms. The van der Waals surface area contributed by atoms with Gasteiger partial charge in [-0.1, -0.05) is 22.6 Å². The molecule has 0 N–H and O–H groups in total. The molecule has 0 radical (unpaired) electrons. The molecule has 1 saturated heterocycles. The standard InChI is InChI=1S/C15H19IN2O3/c16-12-8-17(9-12)15(21)11-3-1-10(2-4-11)7-18-13(19)5-6-14(18)20/h5-6,10-12H,1-4,7-9H2. The highest BCUT2D eigenvalue weighted by Crippen LogP contribution is 2.32. The minimum atomic E-state index is -0.202. The monoisotopic (exact) mass is 402 g/mol. The maximum absolute atomic E-state index is 12.3. The first-order chi connectivity index (χ1) is 10.0. The Bertz CT molecular complexity index is 473. The summed E-state index contributed by atoms with van der Waals surface area (Å²) >= 11 is 2.38. The molecule has 21 heavy (non-hydrogen) atoms. The highest BCUT2D eigenvalue weighted by molar-refractivity contribution is 14.1. The van der Waals surface area contributed by atoms with Gasteiger partial charge in [0.2, 0.25) is 5.91 Å². The third kappa shape index (κ3) is 3.14. The second kappa shape index (κ2) is 6.06. The van der Waals surface area contributed by atoms with Crippen molar-refractivity contribution in [3.8, 4) is 0 Å². The molecule has 5 nitrogen and oxygen atoms in total. The van der Waals surface area contributed by atoms with Crippen molar-refractivity contribution in [1.82, 2.24) is 9.80 Å².